The maximum absolute atomic E-state index is 12.8. The third kappa shape index (κ3) is 6.69. The third-order valence-corrected chi connectivity index (χ3v) is 9.38. The molecule has 4 atom stereocenters. The number of hydrogen-bond acceptors (Lipinski definition) is 9. The Balaban J connectivity index is 1.03. The predicted molar refractivity (Wildman–Crippen MR) is 170 cm³/mol. The van der Waals surface area contributed by atoms with E-state index in [-0.39, 0.29) is 36.3 Å². The summed E-state index contributed by atoms with van der Waals surface area (Å²) in [6.45, 7) is 6.44. The van der Waals surface area contributed by atoms with Gasteiger partial charge in [0.25, 0.3) is 5.91 Å². The molecule has 2 N–H and O–H groups in total. The Hall–Kier alpha value is -3.77. The number of rotatable bonds is 8. The minimum atomic E-state index is -0.558. The van der Waals surface area contributed by atoms with Crippen molar-refractivity contribution in [2.45, 2.75) is 57.2 Å². The molecule has 4 aromatic rings. The van der Waals surface area contributed by atoms with Crippen LogP contribution in [0.15, 0.2) is 79.0 Å². The molecule has 3 aliphatic rings. The first-order chi connectivity index (χ1) is 22.5. The normalized spacial score (nSPS) is 24.7. The highest BCUT2D eigenvalue weighted by molar-refractivity contribution is 5.93. The van der Waals surface area contributed by atoms with E-state index in [1.54, 1.807) is 0 Å². The van der Waals surface area contributed by atoms with Crippen LogP contribution >= 0.6 is 0 Å². The molecular weight excluding hydrogens is 584 g/mol. The number of ether oxygens (including phenoxy) is 4. The molecule has 3 aliphatic heterocycles. The van der Waals surface area contributed by atoms with Crippen molar-refractivity contribution in [1.82, 2.24) is 20.2 Å². The summed E-state index contributed by atoms with van der Waals surface area (Å²) < 4.78 is 25.2. The fourth-order valence-corrected chi connectivity index (χ4v) is 6.58. The van der Waals surface area contributed by atoms with Crippen molar-refractivity contribution in [3.8, 4) is 0 Å². The van der Waals surface area contributed by atoms with Gasteiger partial charge in [-0.2, -0.15) is 0 Å². The minimum absolute atomic E-state index is 0.00204. The number of nitrogens with zero attached hydrogens (tertiary/aromatic N) is 3. The summed E-state index contributed by atoms with van der Waals surface area (Å²) in [5.41, 5.74) is 5.50. The first kappa shape index (κ1) is 30.9. The quantitative estimate of drug-likeness (QED) is 0.288. The van der Waals surface area contributed by atoms with Crippen LogP contribution in [0.2, 0.25) is 0 Å². The predicted octanol–water partition coefficient (Wildman–Crippen LogP) is 4.68. The highest BCUT2D eigenvalue weighted by Gasteiger charge is 2.43. The van der Waals surface area contributed by atoms with Crippen LogP contribution < -0.4 is 5.32 Å². The lowest BCUT2D eigenvalue weighted by Crippen LogP contribution is -2.50. The molecule has 4 heterocycles. The van der Waals surface area contributed by atoms with E-state index in [2.05, 4.69) is 27.1 Å². The second kappa shape index (κ2) is 13.5. The molecule has 46 heavy (non-hydrogen) atoms. The van der Waals surface area contributed by atoms with Crippen LogP contribution in [0.1, 0.15) is 64.9 Å². The summed E-state index contributed by atoms with van der Waals surface area (Å²) in [6, 6.07) is 23.4. The number of amides is 1. The van der Waals surface area contributed by atoms with E-state index in [1.165, 1.54) is 6.20 Å². The molecule has 3 aromatic carbocycles. The van der Waals surface area contributed by atoms with Crippen LogP contribution in [0, 0.1) is 5.92 Å². The van der Waals surface area contributed by atoms with Gasteiger partial charge in [0.05, 0.1) is 49.3 Å². The second-order valence-corrected chi connectivity index (χ2v) is 12.4. The second-order valence-electron chi connectivity index (χ2n) is 12.4. The van der Waals surface area contributed by atoms with Crippen LogP contribution in [0.3, 0.4) is 0 Å². The average molecular weight is 625 g/mol. The molecule has 1 spiro atoms. The zero-order chi connectivity index (χ0) is 31.5. The fraction of sp³-hybridized carbons (Fsp3) is 0.417. The lowest BCUT2D eigenvalue weighted by atomic mass is 9.89. The van der Waals surface area contributed by atoms with E-state index >= 15 is 0 Å². The summed E-state index contributed by atoms with van der Waals surface area (Å²) >= 11 is 0. The number of hydrogen-bond donors (Lipinski definition) is 2. The number of fused-ring (bicyclic) bond motifs is 1. The average Bonchev–Trinajstić information content (AvgIpc) is 3.57. The largest absolute Gasteiger partial charge is 0.392 e. The maximum atomic E-state index is 12.8. The van der Waals surface area contributed by atoms with E-state index in [0.717, 1.165) is 60.2 Å². The van der Waals surface area contributed by atoms with Crippen LogP contribution in [-0.2, 0) is 32.1 Å². The Labute approximate surface area is 268 Å². The van der Waals surface area contributed by atoms with Gasteiger partial charge in [-0.1, -0.05) is 67.6 Å². The van der Waals surface area contributed by atoms with Crippen LogP contribution in [0.25, 0.3) is 11.0 Å². The number of aromatic nitrogens is 2. The van der Waals surface area contributed by atoms with E-state index in [4.69, 9.17) is 18.9 Å². The number of nitrogens with one attached hydrogen (secondary N) is 1. The molecule has 0 saturated carbocycles. The highest BCUT2D eigenvalue weighted by Crippen LogP contribution is 2.42. The number of likely N-dealkylation sites (tertiary alicyclic amines) is 1. The first-order valence-corrected chi connectivity index (χ1v) is 16.1. The third-order valence-electron chi connectivity index (χ3n) is 9.38. The number of aliphatic hydroxyl groups excluding tert-OH is 1. The summed E-state index contributed by atoms with van der Waals surface area (Å²) in [5.74, 6) is -0.593. The van der Waals surface area contributed by atoms with Crippen molar-refractivity contribution in [2.75, 3.05) is 32.8 Å². The smallest absolute Gasteiger partial charge is 0.271 e. The molecule has 0 aliphatic carbocycles. The number of piperidine rings is 1. The molecule has 10 nitrogen and oxygen atoms in total. The number of carbonyl (C=O) groups is 1. The summed E-state index contributed by atoms with van der Waals surface area (Å²) in [4.78, 5) is 24.0. The fourth-order valence-electron chi connectivity index (χ4n) is 6.58. The van der Waals surface area contributed by atoms with Gasteiger partial charge in [0.2, 0.25) is 0 Å². The summed E-state index contributed by atoms with van der Waals surface area (Å²) in [6.07, 6.45) is 2.40. The molecule has 0 unspecified atom stereocenters. The Bertz CT molecular complexity index is 1630. The summed E-state index contributed by atoms with van der Waals surface area (Å²) in [5, 5.41) is 12.5. The Morgan fingerprint density at radius 2 is 1.59 bits per heavy atom. The van der Waals surface area contributed by atoms with Crippen molar-refractivity contribution in [3.63, 3.8) is 0 Å². The molecule has 1 amide bonds. The first-order valence-electron chi connectivity index (χ1n) is 16.1. The van der Waals surface area contributed by atoms with Crippen molar-refractivity contribution >= 4 is 16.9 Å². The standard InChI is InChI=1S/C36H40N4O6/c1-24-32(22-40-16-14-36(15-17-40)43-18-19-44-36)45-35(46-33(24)27-10-8-26(23-41)9-11-27)28-12-6-25(7-13-28)20-38-34(42)31-21-37-29-4-2-3-5-30(29)39-31/h2-13,21,24,32-33,35,41H,14-20,22-23H2,1H3,(H,38,42)/t24-,32+,33+,35+/m1/s1. The van der Waals surface area contributed by atoms with Gasteiger partial charge in [-0.15, -0.1) is 0 Å². The number of para-hydroxylation sites is 2. The molecule has 0 radical (unpaired) electrons. The molecule has 1 aromatic heterocycles. The lowest BCUT2D eigenvalue weighted by molar-refractivity contribution is -0.278. The SMILES string of the molecule is C[C@@H]1[C@H](CN2CCC3(CC2)OCCO3)O[C@H](c2ccc(CNC(=O)c3cnc4ccccc4n3)cc2)O[C@@H]1c1ccc(CO)cc1. The van der Waals surface area contributed by atoms with E-state index in [9.17, 15) is 9.90 Å². The maximum Gasteiger partial charge on any atom is 0.271 e. The number of carbonyl (C=O) groups excluding carboxylic acids is 1. The summed E-state index contributed by atoms with van der Waals surface area (Å²) in [7, 11) is 0. The van der Waals surface area contributed by atoms with Gasteiger partial charge in [0.15, 0.2) is 12.1 Å². The van der Waals surface area contributed by atoms with Gasteiger partial charge >= 0.3 is 0 Å². The Morgan fingerprint density at radius 1 is 0.913 bits per heavy atom. The van der Waals surface area contributed by atoms with Crippen molar-refractivity contribution < 1.29 is 28.8 Å². The minimum Gasteiger partial charge on any atom is -0.392 e. The zero-order valence-electron chi connectivity index (χ0n) is 26.0. The van der Waals surface area contributed by atoms with Gasteiger partial charge in [-0.3, -0.25) is 9.78 Å². The van der Waals surface area contributed by atoms with Gasteiger partial charge < -0.3 is 34.3 Å². The molecule has 240 valence electrons. The Kier molecular flexibility index (Phi) is 9.08. The van der Waals surface area contributed by atoms with Crippen molar-refractivity contribution in [3.05, 3.63) is 107 Å². The monoisotopic (exact) mass is 624 g/mol. The van der Waals surface area contributed by atoms with Crippen molar-refractivity contribution in [1.29, 1.82) is 0 Å². The van der Waals surface area contributed by atoms with E-state index in [1.807, 2.05) is 72.8 Å². The van der Waals surface area contributed by atoms with E-state index < -0.39 is 12.1 Å². The molecule has 7 rings (SSSR count). The van der Waals surface area contributed by atoms with Gasteiger partial charge in [0.1, 0.15) is 5.69 Å². The molecule has 10 heteroatoms. The zero-order valence-corrected chi connectivity index (χ0v) is 26.0. The van der Waals surface area contributed by atoms with Crippen LogP contribution in [0.5, 0.6) is 0 Å². The number of benzene rings is 3. The molecule has 3 fully saturated rings. The van der Waals surface area contributed by atoms with E-state index in [0.29, 0.717) is 25.3 Å². The topological polar surface area (TPSA) is 115 Å². The van der Waals surface area contributed by atoms with Crippen molar-refractivity contribution in [2.24, 2.45) is 5.92 Å². The van der Waals surface area contributed by atoms with Gasteiger partial charge in [-0.25, -0.2) is 4.98 Å². The molecule has 3 saturated heterocycles. The number of aliphatic hydroxyl groups is 1. The van der Waals surface area contributed by atoms with Gasteiger partial charge in [-0.05, 0) is 28.8 Å². The molecule has 0 bridgehead atoms. The van der Waals surface area contributed by atoms with Gasteiger partial charge in [0, 0.05) is 50.5 Å². The molecular formula is C36H40N4O6. The van der Waals surface area contributed by atoms with Crippen LogP contribution in [-0.4, -0.2) is 70.6 Å². The Morgan fingerprint density at radius 3 is 2.30 bits per heavy atom. The van der Waals surface area contributed by atoms with Crippen LogP contribution in [0.4, 0.5) is 0 Å². The highest BCUT2D eigenvalue weighted by atomic mass is 16.7. The lowest BCUT2D eigenvalue weighted by Gasteiger charge is -2.44.